The fourth-order valence-electron chi connectivity index (χ4n) is 4.31. The van der Waals surface area contributed by atoms with Gasteiger partial charge in [0.25, 0.3) is 5.56 Å². The van der Waals surface area contributed by atoms with Crippen molar-refractivity contribution >= 4 is 33.7 Å². The number of nitrogens with zero attached hydrogens (tertiary/aromatic N) is 4. The van der Waals surface area contributed by atoms with Crippen LogP contribution in [0.1, 0.15) is 63.9 Å². The third kappa shape index (κ3) is 4.69. The molecule has 11 nitrogen and oxygen atoms in total. The fraction of sp³-hybridized carbons (Fsp3) is 0.636. The lowest BCUT2D eigenvalue weighted by atomic mass is 10.1. The van der Waals surface area contributed by atoms with E-state index in [1.807, 2.05) is 0 Å². The van der Waals surface area contributed by atoms with Gasteiger partial charge in [-0.05, 0) is 59.9 Å². The molecule has 1 fully saturated rings. The minimum atomic E-state index is -1.33. The number of hydrogen-bond donors (Lipinski definition) is 2. The van der Waals surface area contributed by atoms with Crippen LogP contribution in [0.15, 0.2) is 9.59 Å². The summed E-state index contributed by atoms with van der Waals surface area (Å²) in [6.07, 6.45) is 0.269. The molecule has 0 bridgehead atoms. The first-order chi connectivity index (χ1) is 15.8. The predicted octanol–water partition coefficient (Wildman–Crippen LogP) is 2.87. The second kappa shape index (κ2) is 9.41. The molecule has 1 unspecified atom stereocenters. The van der Waals surface area contributed by atoms with Gasteiger partial charge in [-0.15, -0.1) is 11.3 Å². The number of thiophene rings is 1. The van der Waals surface area contributed by atoms with Crippen molar-refractivity contribution in [1.82, 2.24) is 19.2 Å². The Bertz CT molecular complexity index is 1220. The van der Waals surface area contributed by atoms with Gasteiger partial charge in [0.1, 0.15) is 4.83 Å². The van der Waals surface area contributed by atoms with E-state index in [0.29, 0.717) is 33.8 Å². The van der Waals surface area contributed by atoms with Crippen LogP contribution in [0.2, 0.25) is 0 Å². The van der Waals surface area contributed by atoms with Crippen molar-refractivity contribution < 1.29 is 19.4 Å². The van der Waals surface area contributed by atoms with Crippen LogP contribution in [0.5, 0.6) is 0 Å². The van der Waals surface area contributed by atoms with Gasteiger partial charge in [0, 0.05) is 17.5 Å². The van der Waals surface area contributed by atoms with Crippen LogP contribution in [0.3, 0.4) is 0 Å². The lowest BCUT2D eigenvalue weighted by molar-refractivity contribution is -0.0374. The molecular weight excluding hydrogens is 462 g/mol. The number of rotatable bonds is 5. The van der Waals surface area contributed by atoms with Crippen molar-refractivity contribution in [3.8, 4) is 0 Å². The quantitative estimate of drug-likeness (QED) is 0.611. The van der Waals surface area contributed by atoms with E-state index >= 15 is 0 Å². The molecule has 0 aliphatic carbocycles. The van der Waals surface area contributed by atoms with Crippen LogP contribution >= 0.6 is 11.3 Å². The van der Waals surface area contributed by atoms with Gasteiger partial charge in [-0.3, -0.25) is 13.9 Å². The van der Waals surface area contributed by atoms with Gasteiger partial charge >= 0.3 is 17.8 Å². The molecule has 0 radical (unpaired) electrons. The topological polar surface area (TPSA) is 140 Å². The second-order valence-electron chi connectivity index (χ2n) is 9.79. The molecule has 1 atom stereocenters. The van der Waals surface area contributed by atoms with Gasteiger partial charge in [0.15, 0.2) is 0 Å². The molecule has 1 aliphatic rings. The number of carboxylic acid groups (broad SMARTS) is 1. The van der Waals surface area contributed by atoms with Crippen molar-refractivity contribution in [2.45, 2.75) is 85.2 Å². The van der Waals surface area contributed by atoms with Crippen LogP contribution < -0.4 is 17.0 Å². The molecule has 2 aromatic rings. The summed E-state index contributed by atoms with van der Waals surface area (Å²) >= 11 is 1.19. The summed E-state index contributed by atoms with van der Waals surface area (Å²) in [5, 5.41) is 12.0. The Kier molecular flexibility index (Phi) is 7.13. The first-order valence-electron chi connectivity index (χ1n) is 11.2. The molecular formula is C22H33N5O6S. The van der Waals surface area contributed by atoms with Gasteiger partial charge in [0.05, 0.1) is 30.1 Å². The molecule has 12 heteroatoms. The molecule has 3 N–H and O–H groups in total. The highest BCUT2D eigenvalue weighted by molar-refractivity contribution is 7.18. The molecule has 0 spiro atoms. The summed E-state index contributed by atoms with van der Waals surface area (Å²) in [4.78, 5) is 52.0. The fourth-order valence-corrected chi connectivity index (χ4v) is 5.59. The van der Waals surface area contributed by atoms with Gasteiger partial charge in [-0.1, -0.05) is 0 Å². The van der Waals surface area contributed by atoms with Gasteiger partial charge in [-0.25, -0.2) is 24.4 Å². The highest BCUT2D eigenvalue weighted by Gasteiger charge is 2.35. The molecule has 1 aliphatic heterocycles. The number of primary amides is 1. The van der Waals surface area contributed by atoms with Crippen LogP contribution in [-0.4, -0.2) is 54.6 Å². The lowest BCUT2D eigenvalue weighted by Crippen LogP contribution is -2.58. The van der Waals surface area contributed by atoms with Crippen molar-refractivity contribution in [3.63, 3.8) is 0 Å². The summed E-state index contributed by atoms with van der Waals surface area (Å²) in [5.74, 6) is 0. The highest BCUT2D eigenvalue weighted by atomic mass is 32.1. The number of urea groups is 1. The number of nitrogens with two attached hydrogens (primary N) is 1. The molecule has 1 saturated heterocycles. The Balaban J connectivity index is 2.21. The summed E-state index contributed by atoms with van der Waals surface area (Å²) in [6, 6.07) is -1.29. The summed E-state index contributed by atoms with van der Waals surface area (Å²) in [7, 11) is 0. The van der Waals surface area contributed by atoms with Gasteiger partial charge < -0.3 is 15.6 Å². The number of carbonyl (C=O) groups is 2. The first-order valence-corrected chi connectivity index (χ1v) is 12.1. The summed E-state index contributed by atoms with van der Waals surface area (Å²) in [6.45, 7) is 11.0. The van der Waals surface area contributed by atoms with Crippen LogP contribution in [0.25, 0.3) is 10.2 Å². The standard InChI is InChI=1S/C22H33N5O6S/c1-12(2)26-17(28)16-13(3)15(11-25(19(23)29)27(21(31)32)22(4,5)6)34-18(16)24(20(26)30)10-14-8-7-9-33-14/h12,14H,7-11H2,1-6H3,(H2,23,29)(H,31,32). The smallest absolute Gasteiger partial charge is 0.426 e. The predicted molar refractivity (Wildman–Crippen MR) is 129 cm³/mol. The average Bonchev–Trinajstić information content (AvgIpc) is 3.31. The Morgan fingerprint density at radius 3 is 2.41 bits per heavy atom. The zero-order valence-corrected chi connectivity index (χ0v) is 21.3. The van der Waals surface area contributed by atoms with Crippen molar-refractivity contribution in [1.29, 1.82) is 0 Å². The number of amides is 3. The van der Waals surface area contributed by atoms with Crippen LogP contribution in [0.4, 0.5) is 9.59 Å². The highest BCUT2D eigenvalue weighted by Crippen LogP contribution is 2.31. The molecule has 3 rings (SSSR count). The molecule has 0 saturated carbocycles. The Labute approximate surface area is 201 Å². The van der Waals surface area contributed by atoms with E-state index in [-0.39, 0.29) is 18.7 Å². The zero-order chi connectivity index (χ0) is 25.5. The average molecular weight is 496 g/mol. The molecule has 3 heterocycles. The number of fused-ring (bicyclic) bond motifs is 1. The van der Waals surface area contributed by atoms with E-state index in [1.165, 1.54) is 15.9 Å². The summed E-state index contributed by atoms with van der Waals surface area (Å²) < 4.78 is 8.53. The third-order valence-electron chi connectivity index (χ3n) is 5.87. The number of hydrogen-bond acceptors (Lipinski definition) is 6. The first kappa shape index (κ1) is 25.8. The number of aromatic nitrogens is 2. The van der Waals surface area contributed by atoms with E-state index in [4.69, 9.17) is 10.5 Å². The van der Waals surface area contributed by atoms with E-state index in [0.717, 1.165) is 22.9 Å². The maximum atomic E-state index is 13.4. The van der Waals surface area contributed by atoms with E-state index in [9.17, 15) is 24.3 Å². The number of hydrazine groups is 1. The third-order valence-corrected chi connectivity index (χ3v) is 7.17. The number of ether oxygens (including phenoxy) is 1. The van der Waals surface area contributed by atoms with Gasteiger partial charge in [0.2, 0.25) is 0 Å². The van der Waals surface area contributed by atoms with Crippen LogP contribution in [0, 0.1) is 6.92 Å². The number of carbonyl (C=O) groups excluding carboxylic acids is 1. The molecule has 3 amide bonds. The largest absolute Gasteiger partial charge is 0.464 e. The molecule has 0 aromatic carbocycles. The second-order valence-corrected chi connectivity index (χ2v) is 10.9. The van der Waals surface area contributed by atoms with E-state index < -0.39 is 28.9 Å². The van der Waals surface area contributed by atoms with Gasteiger partial charge in [-0.2, -0.15) is 0 Å². The minimum Gasteiger partial charge on any atom is -0.464 e. The maximum Gasteiger partial charge on any atom is 0.426 e. The number of aryl methyl sites for hydroxylation is 1. The van der Waals surface area contributed by atoms with Crippen molar-refractivity contribution in [2.24, 2.45) is 5.73 Å². The molecule has 188 valence electrons. The van der Waals surface area contributed by atoms with E-state index in [2.05, 4.69) is 0 Å². The van der Waals surface area contributed by atoms with E-state index in [1.54, 1.807) is 46.1 Å². The lowest BCUT2D eigenvalue weighted by Gasteiger charge is -2.40. The maximum absolute atomic E-state index is 13.4. The van der Waals surface area contributed by atoms with Crippen molar-refractivity contribution in [3.05, 3.63) is 31.3 Å². The molecule has 2 aromatic heterocycles. The van der Waals surface area contributed by atoms with Crippen molar-refractivity contribution in [2.75, 3.05) is 6.61 Å². The summed E-state index contributed by atoms with van der Waals surface area (Å²) in [5.41, 5.74) is 4.39. The Hall–Kier alpha value is -2.86. The zero-order valence-electron chi connectivity index (χ0n) is 20.5. The monoisotopic (exact) mass is 495 g/mol. The van der Waals surface area contributed by atoms with Crippen LogP contribution in [-0.2, 0) is 17.8 Å². The minimum absolute atomic E-state index is 0.129. The Morgan fingerprint density at radius 1 is 1.29 bits per heavy atom. The SMILES string of the molecule is Cc1c(CN(C(N)=O)N(C(=O)O)C(C)(C)C)sc2c1c(=O)n(C(C)C)c(=O)n2CC1CCCO1. The molecule has 34 heavy (non-hydrogen) atoms. The normalized spacial score (nSPS) is 16.4. The Morgan fingerprint density at radius 2 is 1.94 bits per heavy atom.